The van der Waals surface area contributed by atoms with Gasteiger partial charge in [-0.3, -0.25) is 4.79 Å². The van der Waals surface area contributed by atoms with Crippen molar-refractivity contribution in [2.75, 3.05) is 41.7 Å². The zero-order valence-corrected chi connectivity index (χ0v) is 17.0. The Morgan fingerprint density at radius 2 is 1.63 bits per heavy atom. The van der Waals surface area contributed by atoms with Crippen LogP contribution in [0.5, 0.6) is 0 Å². The molecule has 0 radical (unpaired) electrons. The number of thioether (sulfide) groups is 1. The van der Waals surface area contributed by atoms with Crippen LogP contribution < -0.4 is 9.80 Å². The zero-order valence-electron chi connectivity index (χ0n) is 16.2. The van der Waals surface area contributed by atoms with E-state index in [0.717, 1.165) is 5.82 Å². The number of benzene rings is 2. The molecule has 1 aliphatic heterocycles. The molecule has 1 aliphatic rings. The quantitative estimate of drug-likeness (QED) is 0.337. The van der Waals surface area contributed by atoms with Gasteiger partial charge in [0.05, 0.1) is 11.4 Å². The van der Waals surface area contributed by atoms with Crippen molar-refractivity contribution in [3.05, 3.63) is 78.1 Å². The summed E-state index contributed by atoms with van der Waals surface area (Å²) in [5, 5.41) is 0.701. The molecule has 1 aromatic heterocycles. The Bertz CT molecular complexity index is 1020. The third kappa shape index (κ3) is 4.76. The maximum Gasteiger partial charge on any atom is 0.173 e. The molecule has 1 fully saturated rings. The summed E-state index contributed by atoms with van der Waals surface area (Å²) in [6.07, 6.45) is 1.49. The molecule has 4 rings (SSSR count). The van der Waals surface area contributed by atoms with Gasteiger partial charge in [0.25, 0.3) is 0 Å². The maximum atomic E-state index is 14.0. The van der Waals surface area contributed by atoms with Crippen molar-refractivity contribution >= 4 is 29.1 Å². The van der Waals surface area contributed by atoms with E-state index in [1.165, 1.54) is 48.4 Å². The summed E-state index contributed by atoms with van der Waals surface area (Å²) in [5.41, 5.74) is 1.10. The fraction of sp³-hybridized carbons (Fsp3) is 0.227. The number of Topliss-reactive ketones (excluding diaryl/α,β-unsaturated/α-hetero) is 1. The van der Waals surface area contributed by atoms with Gasteiger partial charge in [0.1, 0.15) is 28.8 Å². The number of aromatic nitrogens is 2. The number of hydrogen-bond donors (Lipinski definition) is 0. The highest BCUT2D eigenvalue weighted by Crippen LogP contribution is 2.24. The molecule has 2 heterocycles. The molecule has 154 valence electrons. The maximum absolute atomic E-state index is 14.0. The Morgan fingerprint density at radius 3 is 2.37 bits per heavy atom. The summed E-state index contributed by atoms with van der Waals surface area (Å²) in [5.74, 6) is 0.337. The van der Waals surface area contributed by atoms with Crippen LogP contribution in [0.2, 0.25) is 0 Å². The lowest BCUT2D eigenvalue weighted by Gasteiger charge is -2.36. The van der Waals surface area contributed by atoms with Crippen LogP contribution in [0, 0.1) is 11.6 Å². The van der Waals surface area contributed by atoms with E-state index in [9.17, 15) is 13.6 Å². The molecule has 30 heavy (non-hydrogen) atoms. The number of piperazine rings is 1. The van der Waals surface area contributed by atoms with Gasteiger partial charge in [0.15, 0.2) is 5.78 Å². The molecule has 8 heteroatoms. The Hall–Kier alpha value is -3.00. The summed E-state index contributed by atoms with van der Waals surface area (Å²) in [6.45, 7) is 2.81. The van der Waals surface area contributed by atoms with E-state index in [0.29, 0.717) is 42.5 Å². The molecule has 0 bridgehead atoms. The smallest absolute Gasteiger partial charge is 0.173 e. The predicted molar refractivity (Wildman–Crippen MR) is 114 cm³/mol. The van der Waals surface area contributed by atoms with Crippen molar-refractivity contribution in [2.45, 2.75) is 5.03 Å². The molecule has 5 nitrogen and oxygen atoms in total. The number of nitrogens with zero attached hydrogens (tertiary/aromatic N) is 4. The van der Waals surface area contributed by atoms with E-state index in [1.54, 1.807) is 12.1 Å². The molecule has 0 amide bonds. The monoisotopic (exact) mass is 426 g/mol. The van der Waals surface area contributed by atoms with E-state index in [1.807, 2.05) is 17.0 Å². The van der Waals surface area contributed by atoms with Crippen molar-refractivity contribution in [2.24, 2.45) is 0 Å². The number of anilines is 2. The molecule has 0 saturated carbocycles. The van der Waals surface area contributed by atoms with Crippen LogP contribution in [0.3, 0.4) is 0 Å². The highest BCUT2D eigenvalue weighted by molar-refractivity contribution is 7.99. The van der Waals surface area contributed by atoms with Gasteiger partial charge in [-0.25, -0.2) is 18.7 Å². The average molecular weight is 426 g/mol. The van der Waals surface area contributed by atoms with Crippen LogP contribution >= 0.6 is 11.8 Å². The van der Waals surface area contributed by atoms with Crippen LogP contribution in [0.4, 0.5) is 20.3 Å². The van der Waals surface area contributed by atoms with Gasteiger partial charge in [-0.05, 0) is 36.4 Å². The molecular formula is C22H20F2N4OS. The first-order valence-corrected chi connectivity index (χ1v) is 10.6. The second-order valence-corrected chi connectivity index (χ2v) is 7.85. The first kappa shape index (κ1) is 20.3. The Morgan fingerprint density at radius 1 is 0.933 bits per heavy atom. The number of halogens is 2. The second-order valence-electron chi connectivity index (χ2n) is 6.86. The van der Waals surface area contributed by atoms with Crippen molar-refractivity contribution in [3.63, 3.8) is 0 Å². The van der Waals surface area contributed by atoms with Crippen molar-refractivity contribution in [1.82, 2.24) is 9.97 Å². The van der Waals surface area contributed by atoms with Crippen LogP contribution in [-0.4, -0.2) is 47.7 Å². The molecule has 0 atom stereocenters. The molecule has 0 aliphatic carbocycles. The Balaban J connectivity index is 1.35. The molecule has 0 N–H and O–H groups in total. The van der Waals surface area contributed by atoms with Gasteiger partial charge in [-0.1, -0.05) is 23.9 Å². The van der Waals surface area contributed by atoms with Crippen LogP contribution in [0.1, 0.15) is 10.4 Å². The minimum absolute atomic E-state index is 0.0846. The summed E-state index contributed by atoms with van der Waals surface area (Å²) in [4.78, 5) is 25.0. The molecule has 2 aromatic carbocycles. The van der Waals surface area contributed by atoms with E-state index in [4.69, 9.17) is 0 Å². The highest BCUT2D eigenvalue weighted by Gasteiger charge is 2.20. The molecule has 0 spiro atoms. The van der Waals surface area contributed by atoms with E-state index >= 15 is 0 Å². The van der Waals surface area contributed by atoms with Crippen molar-refractivity contribution < 1.29 is 13.6 Å². The van der Waals surface area contributed by atoms with Crippen LogP contribution in [0.25, 0.3) is 0 Å². The molecular weight excluding hydrogens is 406 g/mol. The molecule has 1 saturated heterocycles. The standard InChI is InChI=1S/C22H20F2N4OS/c23-17-7-5-16(6-8-17)20(29)14-30-22-13-21(25-15-26-22)28-11-9-27(10-12-28)19-4-2-1-3-18(19)24/h1-8,13,15H,9-12,14H2. The number of carbonyl (C=O) groups is 1. The lowest BCUT2D eigenvalue weighted by atomic mass is 10.1. The zero-order chi connectivity index (χ0) is 20.9. The second kappa shape index (κ2) is 9.21. The minimum Gasteiger partial charge on any atom is -0.366 e. The number of hydrogen-bond acceptors (Lipinski definition) is 6. The minimum atomic E-state index is -0.366. The summed E-state index contributed by atoms with van der Waals surface area (Å²) >= 11 is 1.32. The Kier molecular flexibility index (Phi) is 6.23. The predicted octanol–water partition coefficient (Wildman–Crippen LogP) is 4.06. The van der Waals surface area contributed by atoms with E-state index in [-0.39, 0.29) is 23.2 Å². The van der Waals surface area contributed by atoms with Gasteiger partial charge >= 0.3 is 0 Å². The Labute approximate surface area is 177 Å². The van der Waals surface area contributed by atoms with Crippen LogP contribution in [-0.2, 0) is 0 Å². The van der Waals surface area contributed by atoms with Crippen molar-refractivity contribution in [1.29, 1.82) is 0 Å². The van der Waals surface area contributed by atoms with E-state index in [2.05, 4.69) is 14.9 Å². The third-order valence-corrected chi connectivity index (χ3v) is 5.87. The average Bonchev–Trinajstić information content (AvgIpc) is 2.79. The van der Waals surface area contributed by atoms with Gasteiger partial charge in [0.2, 0.25) is 0 Å². The lowest BCUT2D eigenvalue weighted by Crippen LogP contribution is -2.47. The third-order valence-electron chi connectivity index (χ3n) is 4.94. The van der Waals surface area contributed by atoms with Gasteiger partial charge in [-0.2, -0.15) is 0 Å². The van der Waals surface area contributed by atoms with Gasteiger partial charge < -0.3 is 9.80 Å². The molecule has 3 aromatic rings. The lowest BCUT2D eigenvalue weighted by molar-refractivity contribution is 0.102. The summed E-state index contributed by atoms with van der Waals surface area (Å²) in [6, 6.07) is 14.2. The van der Waals surface area contributed by atoms with Gasteiger partial charge in [-0.15, -0.1) is 0 Å². The number of carbonyl (C=O) groups excluding carboxylic acids is 1. The first-order chi connectivity index (χ1) is 14.6. The fourth-order valence-electron chi connectivity index (χ4n) is 3.33. The van der Waals surface area contributed by atoms with Crippen molar-refractivity contribution in [3.8, 4) is 0 Å². The fourth-order valence-corrected chi connectivity index (χ4v) is 4.08. The highest BCUT2D eigenvalue weighted by atomic mass is 32.2. The normalized spacial score (nSPS) is 14.1. The SMILES string of the molecule is O=C(CSc1cc(N2CCN(c3ccccc3F)CC2)ncn1)c1ccc(F)cc1. The first-order valence-electron chi connectivity index (χ1n) is 9.58. The van der Waals surface area contributed by atoms with Crippen LogP contribution in [0.15, 0.2) is 66.0 Å². The topological polar surface area (TPSA) is 49.3 Å². The summed E-state index contributed by atoms with van der Waals surface area (Å²) < 4.78 is 27.0. The number of para-hydroxylation sites is 1. The summed E-state index contributed by atoms with van der Waals surface area (Å²) in [7, 11) is 0. The van der Waals surface area contributed by atoms with E-state index < -0.39 is 0 Å². The molecule has 0 unspecified atom stereocenters. The number of rotatable bonds is 6. The van der Waals surface area contributed by atoms with Gasteiger partial charge in [0, 0.05) is 37.8 Å². The largest absolute Gasteiger partial charge is 0.366 e. The number of ketones is 1.